The molecule has 0 radical (unpaired) electrons. The molecule has 168 valence electrons. The number of aromatic nitrogens is 2. The molecule has 3 unspecified atom stereocenters. The second-order valence-electron chi connectivity index (χ2n) is 7.02. The lowest BCUT2D eigenvalue weighted by molar-refractivity contribution is -0.142. The average Bonchev–Trinajstić information content (AvgIpc) is 3.20. The van der Waals surface area contributed by atoms with Crippen LogP contribution < -0.4 is 21.7 Å². The van der Waals surface area contributed by atoms with Gasteiger partial charge in [0.2, 0.25) is 17.7 Å². The topological polar surface area (TPSA) is 179 Å². The number of rotatable bonds is 13. The minimum atomic E-state index is -1.21. The predicted molar refractivity (Wildman–Crippen MR) is 113 cm³/mol. The van der Waals surface area contributed by atoms with E-state index in [2.05, 4.69) is 25.9 Å². The van der Waals surface area contributed by atoms with Crippen molar-refractivity contribution in [2.24, 2.45) is 11.7 Å². The quantitative estimate of drug-likeness (QED) is 0.222. The summed E-state index contributed by atoms with van der Waals surface area (Å²) in [5, 5.41) is 17.1. The Hall–Kier alpha value is -2.60. The molecule has 1 aromatic heterocycles. The van der Waals surface area contributed by atoms with Gasteiger partial charge in [-0.2, -0.15) is 11.8 Å². The van der Waals surface area contributed by atoms with Crippen LogP contribution in [0.4, 0.5) is 0 Å². The van der Waals surface area contributed by atoms with Gasteiger partial charge in [0.15, 0.2) is 0 Å². The number of amides is 3. The van der Waals surface area contributed by atoms with Gasteiger partial charge in [0.25, 0.3) is 0 Å². The molecular weight excluding hydrogens is 412 g/mol. The Morgan fingerprint density at radius 2 is 1.83 bits per heavy atom. The third-order valence-electron chi connectivity index (χ3n) is 4.29. The van der Waals surface area contributed by atoms with Crippen molar-refractivity contribution in [1.29, 1.82) is 0 Å². The lowest BCUT2D eigenvalue weighted by Gasteiger charge is -2.26. The Labute approximate surface area is 179 Å². The van der Waals surface area contributed by atoms with Gasteiger partial charge in [-0.05, 0) is 24.3 Å². The summed E-state index contributed by atoms with van der Waals surface area (Å²) in [5.41, 5.74) is 5.85. The first-order valence-corrected chi connectivity index (χ1v) is 10.9. The highest BCUT2D eigenvalue weighted by atomic mass is 32.2. The number of hydrogen-bond donors (Lipinski definition) is 6. The Morgan fingerprint density at radius 3 is 2.33 bits per heavy atom. The molecule has 12 heteroatoms. The van der Waals surface area contributed by atoms with E-state index >= 15 is 0 Å². The maximum atomic E-state index is 12.8. The smallest absolute Gasteiger partial charge is 0.326 e. The first kappa shape index (κ1) is 25.4. The van der Waals surface area contributed by atoms with E-state index in [1.807, 2.05) is 6.26 Å². The van der Waals surface area contributed by atoms with Crippen molar-refractivity contribution in [3.8, 4) is 0 Å². The fourth-order valence-electron chi connectivity index (χ4n) is 2.62. The molecule has 3 atom stereocenters. The van der Waals surface area contributed by atoms with Crippen LogP contribution in [0.2, 0.25) is 0 Å². The van der Waals surface area contributed by atoms with E-state index in [1.165, 1.54) is 24.3 Å². The van der Waals surface area contributed by atoms with Crippen LogP contribution in [0.3, 0.4) is 0 Å². The van der Waals surface area contributed by atoms with E-state index in [0.717, 1.165) is 0 Å². The number of carboxylic acids is 1. The molecule has 0 aliphatic rings. The molecule has 1 aromatic rings. The van der Waals surface area contributed by atoms with E-state index in [9.17, 15) is 24.3 Å². The van der Waals surface area contributed by atoms with Crippen molar-refractivity contribution in [3.63, 3.8) is 0 Å². The molecule has 0 aromatic carbocycles. The predicted octanol–water partition coefficient (Wildman–Crippen LogP) is -1.14. The summed E-state index contributed by atoms with van der Waals surface area (Å²) >= 11 is 1.49. The lowest BCUT2D eigenvalue weighted by Crippen LogP contribution is -2.57. The van der Waals surface area contributed by atoms with Gasteiger partial charge in [-0.15, -0.1) is 0 Å². The number of carboxylic acid groups (broad SMARTS) is 1. The maximum absolute atomic E-state index is 12.8. The van der Waals surface area contributed by atoms with Crippen molar-refractivity contribution >= 4 is 35.5 Å². The van der Waals surface area contributed by atoms with Crippen molar-refractivity contribution in [2.45, 2.75) is 44.8 Å². The van der Waals surface area contributed by atoms with Gasteiger partial charge in [-0.25, -0.2) is 9.78 Å². The van der Waals surface area contributed by atoms with E-state index in [4.69, 9.17) is 5.73 Å². The number of aromatic amines is 1. The van der Waals surface area contributed by atoms with Gasteiger partial charge in [-0.3, -0.25) is 14.4 Å². The SMILES string of the molecule is CSCCC(NC(=O)C(NC(=O)CN)C(C)C)C(=O)NC(Cc1cnc[nH]1)C(=O)O. The van der Waals surface area contributed by atoms with Crippen LogP contribution in [0.1, 0.15) is 26.0 Å². The van der Waals surface area contributed by atoms with E-state index in [-0.39, 0.29) is 18.9 Å². The molecule has 30 heavy (non-hydrogen) atoms. The van der Waals surface area contributed by atoms with Gasteiger partial charge < -0.3 is 31.8 Å². The molecule has 7 N–H and O–H groups in total. The second-order valence-corrected chi connectivity index (χ2v) is 8.00. The number of nitrogens with two attached hydrogens (primary N) is 1. The molecule has 0 bridgehead atoms. The summed E-state index contributed by atoms with van der Waals surface area (Å²) in [6.45, 7) is 3.24. The molecular formula is C18H30N6O5S. The Bertz CT molecular complexity index is 712. The minimum Gasteiger partial charge on any atom is -0.480 e. The number of carbonyl (C=O) groups is 4. The molecule has 1 heterocycles. The van der Waals surface area contributed by atoms with E-state index < -0.39 is 41.8 Å². The molecule has 0 fully saturated rings. The van der Waals surface area contributed by atoms with Crippen molar-refractivity contribution in [1.82, 2.24) is 25.9 Å². The second kappa shape index (κ2) is 12.9. The number of hydrogen-bond acceptors (Lipinski definition) is 7. The van der Waals surface area contributed by atoms with E-state index in [0.29, 0.717) is 17.9 Å². The van der Waals surface area contributed by atoms with Crippen LogP contribution in [0, 0.1) is 5.92 Å². The van der Waals surface area contributed by atoms with Gasteiger partial charge >= 0.3 is 5.97 Å². The highest BCUT2D eigenvalue weighted by Crippen LogP contribution is 2.07. The summed E-state index contributed by atoms with van der Waals surface area (Å²) in [5.74, 6) is -2.51. The average molecular weight is 443 g/mol. The molecule has 0 aliphatic heterocycles. The van der Waals surface area contributed by atoms with E-state index in [1.54, 1.807) is 13.8 Å². The molecule has 3 amide bonds. The summed E-state index contributed by atoms with van der Waals surface area (Å²) in [7, 11) is 0. The van der Waals surface area contributed by atoms with Crippen molar-refractivity contribution < 1.29 is 24.3 Å². The number of aliphatic carboxylic acids is 1. The summed E-state index contributed by atoms with van der Waals surface area (Å²) in [6, 6.07) is -3.01. The van der Waals surface area contributed by atoms with Crippen LogP contribution in [0.15, 0.2) is 12.5 Å². The Balaban J connectivity index is 2.89. The third kappa shape index (κ3) is 8.41. The number of carbonyl (C=O) groups excluding carboxylic acids is 3. The summed E-state index contributed by atoms with van der Waals surface area (Å²) in [6.07, 6.45) is 5.06. The van der Waals surface area contributed by atoms with Crippen LogP contribution in [0.5, 0.6) is 0 Å². The zero-order chi connectivity index (χ0) is 22.7. The lowest BCUT2D eigenvalue weighted by atomic mass is 10.0. The molecule has 11 nitrogen and oxygen atoms in total. The number of imidazole rings is 1. The molecule has 1 rings (SSSR count). The van der Waals surface area contributed by atoms with Crippen molar-refractivity contribution in [3.05, 3.63) is 18.2 Å². The first-order chi connectivity index (χ1) is 14.2. The van der Waals surface area contributed by atoms with Gasteiger partial charge in [0.05, 0.1) is 12.9 Å². The van der Waals surface area contributed by atoms with Crippen molar-refractivity contribution in [2.75, 3.05) is 18.6 Å². The molecule has 0 saturated carbocycles. The molecule has 0 saturated heterocycles. The zero-order valence-electron chi connectivity index (χ0n) is 17.3. The zero-order valence-corrected chi connectivity index (χ0v) is 18.1. The largest absolute Gasteiger partial charge is 0.480 e. The van der Waals surface area contributed by atoms with Gasteiger partial charge in [0.1, 0.15) is 18.1 Å². The fourth-order valence-corrected chi connectivity index (χ4v) is 3.09. The number of thioether (sulfide) groups is 1. The Kier molecular flexibility index (Phi) is 10.9. The summed E-state index contributed by atoms with van der Waals surface area (Å²) in [4.78, 5) is 55.3. The third-order valence-corrected chi connectivity index (χ3v) is 4.93. The number of H-pyrrole nitrogens is 1. The van der Waals surface area contributed by atoms with Crippen LogP contribution in [0.25, 0.3) is 0 Å². The first-order valence-electron chi connectivity index (χ1n) is 9.48. The highest BCUT2D eigenvalue weighted by Gasteiger charge is 2.30. The Morgan fingerprint density at radius 1 is 1.17 bits per heavy atom. The number of nitrogens with zero attached hydrogens (tertiary/aromatic N) is 1. The summed E-state index contributed by atoms with van der Waals surface area (Å²) < 4.78 is 0. The highest BCUT2D eigenvalue weighted by molar-refractivity contribution is 7.98. The minimum absolute atomic E-state index is 0.0193. The molecule has 0 spiro atoms. The standard InChI is InChI=1S/C18H30N6O5S/c1-10(2)15(24-14(25)7-19)17(27)22-12(4-5-30-3)16(26)23-13(18(28)29)6-11-8-20-9-21-11/h8-10,12-13,15H,4-7,19H2,1-3H3,(H,20,21)(H,22,27)(H,23,26)(H,24,25)(H,28,29). The maximum Gasteiger partial charge on any atom is 0.326 e. The monoisotopic (exact) mass is 442 g/mol. The number of nitrogens with one attached hydrogen (secondary N) is 4. The van der Waals surface area contributed by atoms with Crippen LogP contribution >= 0.6 is 11.8 Å². The van der Waals surface area contributed by atoms with Gasteiger partial charge in [-0.1, -0.05) is 13.8 Å². The fraction of sp³-hybridized carbons (Fsp3) is 0.611. The normalized spacial score (nSPS) is 13.9. The van der Waals surface area contributed by atoms with Crippen LogP contribution in [-0.4, -0.2) is 75.4 Å². The molecule has 0 aliphatic carbocycles. The van der Waals surface area contributed by atoms with Crippen LogP contribution in [-0.2, 0) is 25.6 Å². The van der Waals surface area contributed by atoms with Gasteiger partial charge in [0, 0.05) is 18.3 Å².